The summed E-state index contributed by atoms with van der Waals surface area (Å²) in [6, 6.07) is 0. The Hall–Kier alpha value is -1.36. The monoisotopic (exact) mass is 398 g/mol. The third-order valence-electron chi connectivity index (χ3n) is 5.81. The van der Waals surface area contributed by atoms with Crippen LogP contribution in [0.4, 0.5) is 8.78 Å². The second kappa shape index (κ2) is 10.4. The minimum absolute atomic E-state index is 0.0492. The third kappa shape index (κ3) is 7.94. The van der Waals surface area contributed by atoms with Crippen LogP contribution in [0.2, 0.25) is 0 Å². The van der Waals surface area contributed by atoms with Crippen LogP contribution < -0.4 is 0 Å². The highest BCUT2D eigenvalue weighted by Gasteiger charge is 2.29. The Kier molecular flexibility index (Phi) is 9.19. The quantitative estimate of drug-likeness (QED) is 0.319. The van der Waals surface area contributed by atoms with Gasteiger partial charge in [-0.1, -0.05) is 32.1 Å². The van der Waals surface area contributed by atoms with Gasteiger partial charge in [0.05, 0.1) is 5.60 Å². The second-order valence-electron chi connectivity index (χ2n) is 8.70. The zero-order chi connectivity index (χ0) is 21.5. The molecule has 0 heterocycles. The van der Waals surface area contributed by atoms with Gasteiger partial charge in [-0.05, 0) is 60.3 Å². The van der Waals surface area contributed by atoms with Gasteiger partial charge in [-0.3, -0.25) is 9.59 Å². The Labute approximate surface area is 168 Å². The number of allylic oxidation sites excluding steroid dienone is 4. The van der Waals surface area contributed by atoms with E-state index < -0.39 is 11.5 Å². The van der Waals surface area contributed by atoms with Crippen LogP contribution in [-0.2, 0) is 9.59 Å². The van der Waals surface area contributed by atoms with Crippen LogP contribution in [0.15, 0.2) is 22.3 Å². The first kappa shape index (κ1) is 24.7. The first-order valence-electron chi connectivity index (χ1n) is 10.4. The fourth-order valence-corrected chi connectivity index (χ4v) is 3.62. The number of Topliss-reactive ketones (excluding diaryl/α,β-unsaturated/α-hetero) is 2. The van der Waals surface area contributed by atoms with E-state index in [9.17, 15) is 23.5 Å². The zero-order valence-electron chi connectivity index (χ0n) is 18.1. The van der Waals surface area contributed by atoms with Crippen LogP contribution >= 0.6 is 0 Å². The summed E-state index contributed by atoms with van der Waals surface area (Å²) >= 11 is 0. The Bertz CT molecular complexity index is 637. The average molecular weight is 399 g/mol. The molecule has 1 N–H and O–H groups in total. The molecule has 1 aliphatic rings. The summed E-state index contributed by atoms with van der Waals surface area (Å²) in [5.74, 6) is -2.72. The molecule has 0 unspecified atom stereocenters. The number of ketones is 2. The molecule has 1 atom stereocenters. The smallest absolute Gasteiger partial charge is 0.245 e. The van der Waals surface area contributed by atoms with Crippen molar-refractivity contribution >= 4 is 11.6 Å². The van der Waals surface area contributed by atoms with Crippen molar-refractivity contribution in [1.82, 2.24) is 0 Å². The zero-order valence-corrected chi connectivity index (χ0v) is 18.1. The van der Waals surface area contributed by atoms with Crippen LogP contribution in [-0.4, -0.2) is 28.2 Å². The van der Waals surface area contributed by atoms with Crippen molar-refractivity contribution in [2.75, 3.05) is 0 Å². The van der Waals surface area contributed by atoms with Gasteiger partial charge >= 0.3 is 0 Å². The standard InChI is InChI=1S/C23H36F2O3/c1-16-17(2)21(27)19(18(3)20(16)26)12-15-22(4,28)13-10-8-6-7-9-11-14-23(5,24)25/h28H,6-15H2,1-5H3/t22-/m0/s1. The van der Waals surface area contributed by atoms with Crippen molar-refractivity contribution in [1.29, 1.82) is 0 Å². The highest BCUT2D eigenvalue weighted by Crippen LogP contribution is 2.30. The number of carbonyl (C=O) groups is 2. The average Bonchev–Trinajstić information content (AvgIpc) is 2.59. The molecule has 0 aromatic heterocycles. The van der Waals surface area contributed by atoms with Gasteiger partial charge in [0.1, 0.15) is 0 Å². The molecular formula is C23H36F2O3. The van der Waals surface area contributed by atoms with Crippen molar-refractivity contribution in [3.05, 3.63) is 22.3 Å². The van der Waals surface area contributed by atoms with Gasteiger partial charge in [0.25, 0.3) is 0 Å². The number of aliphatic hydroxyl groups is 1. The molecule has 0 aromatic rings. The van der Waals surface area contributed by atoms with Gasteiger partial charge in [0.2, 0.25) is 5.92 Å². The van der Waals surface area contributed by atoms with E-state index in [1.54, 1.807) is 27.7 Å². The molecule has 1 aliphatic carbocycles. The molecule has 3 nitrogen and oxygen atoms in total. The molecule has 0 fully saturated rings. The summed E-state index contributed by atoms with van der Waals surface area (Å²) in [4.78, 5) is 24.7. The molecule has 160 valence electrons. The summed E-state index contributed by atoms with van der Waals surface area (Å²) in [7, 11) is 0. The van der Waals surface area contributed by atoms with Crippen LogP contribution in [0.1, 0.15) is 98.8 Å². The van der Waals surface area contributed by atoms with E-state index >= 15 is 0 Å². The van der Waals surface area contributed by atoms with Crippen molar-refractivity contribution in [2.24, 2.45) is 0 Å². The van der Waals surface area contributed by atoms with Gasteiger partial charge in [0, 0.05) is 28.7 Å². The maximum atomic E-state index is 12.7. The number of rotatable bonds is 12. The Balaban J connectivity index is 2.33. The fourth-order valence-electron chi connectivity index (χ4n) is 3.62. The van der Waals surface area contributed by atoms with Crippen molar-refractivity contribution < 1.29 is 23.5 Å². The molecule has 0 radical (unpaired) electrons. The Morgan fingerprint density at radius 2 is 1.18 bits per heavy atom. The fraction of sp³-hybridized carbons (Fsp3) is 0.739. The van der Waals surface area contributed by atoms with E-state index in [1.807, 2.05) is 0 Å². The molecule has 0 bridgehead atoms. The minimum Gasteiger partial charge on any atom is -0.390 e. The van der Waals surface area contributed by atoms with E-state index in [0.29, 0.717) is 48.0 Å². The normalized spacial score (nSPS) is 18.1. The van der Waals surface area contributed by atoms with Gasteiger partial charge in [-0.2, -0.15) is 0 Å². The molecule has 0 aromatic carbocycles. The van der Waals surface area contributed by atoms with Gasteiger partial charge < -0.3 is 5.11 Å². The number of hydrogen-bond acceptors (Lipinski definition) is 3. The molecule has 0 spiro atoms. The maximum Gasteiger partial charge on any atom is 0.245 e. The lowest BCUT2D eigenvalue weighted by atomic mass is 9.81. The minimum atomic E-state index is -2.57. The molecule has 1 rings (SSSR count). The number of halogens is 2. The first-order valence-corrected chi connectivity index (χ1v) is 10.4. The topological polar surface area (TPSA) is 54.4 Å². The number of unbranched alkanes of at least 4 members (excludes halogenated alkanes) is 5. The van der Waals surface area contributed by atoms with Crippen molar-refractivity contribution in [3.8, 4) is 0 Å². The van der Waals surface area contributed by atoms with Crippen LogP contribution in [0.5, 0.6) is 0 Å². The van der Waals surface area contributed by atoms with Crippen molar-refractivity contribution in [3.63, 3.8) is 0 Å². The SMILES string of the molecule is CC1=C(C)C(=O)C(CC[C@@](C)(O)CCCCCCCCC(C)(F)F)=C(C)C1=O. The highest BCUT2D eigenvalue weighted by molar-refractivity contribution is 6.24. The lowest BCUT2D eigenvalue weighted by Crippen LogP contribution is -2.26. The van der Waals surface area contributed by atoms with Crippen LogP contribution in [0, 0.1) is 0 Å². The van der Waals surface area contributed by atoms with E-state index in [4.69, 9.17) is 0 Å². The lowest BCUT2D eigenvalue weighted by Gasteiger charge is -2.25. The van der Waals surface area contributed by atoms with E-state index in [0.717, 1.165) is 39.0 Å². The molecule has 0 saturated carbocycles. The lowest BCUT2D eigenvalue weighted by molar-refractivity contribution is -0.116. The summed E-state index contributed by atoms with van der Waals surface area (Å²) in [5, 5.41) is 10.6. The van der Waals surface area contributed by atoms with Crippen LogP contribution in [0.3, 0.4) is 0 Å². The predicted molar refractivity (Wildman–Crippen MR) is 109 cm³/mol. The first-order chi connectivity index (χ1) is 12.9. The maximum absolute atomic E-state index is 12.7. The van der Waals surface area contributed by atoms with E-state index in [2.05, 4.69) is 0 Å². The van der Waals surface area contributed by atoms with E-state index in [-0.39, 0.29) is 18.0 Å². The summed E-state index contributed by atoms with van der Waals surface area (Å²) < 4.78 is 25.5. The largest absolute Gasteiger partial charge is 0.390 e. The molecule has 5 heteroatoms. The second-order valence-corrected chi connectivity index (χ2v) is 8.70. The third-order valence-corrected chi connectivity index (χ3v) is 5.81. The van der Waals surface area contributed by atoms with Crippen LogP contribution in [0.25, 0.3) is 0 Å². The number of alkyl halides is 2. The van der Waals surface area contributed by atoms with Crippen molar-refractivity contribution in [2.45, 2.75) is 110 Å². The Morgan fingerprint density at radius 1 is 0.714 bits per heavy atom. The molecule has 0 saturated heterocycles. The Morgan fingerprint density at radius 3 is 1.71 bits per heavy atom. The molecule has 0 amide bonds. The summed E-state index contributed by atoms with van der Waals surface area (Å²) in [6.45, 7) is 7.79. The summed E-state index contributed by atoms with van der Waals surface area (Å²) in [6.07, 6.45) is 6.52. The van der Waals surface area contributed by atoms with Gasteiger partial charge in [0.15, 0.2) is 11.6 Å². The molecule has 28 heavy (non-hydrogen) atoms. The predicted octanol–water partition coefficient (Wildman–Crippen LogP) is 6.10. The van der Waals surface area contributed by atoms with Gasteiger partial charge in [-0.25, -0.2) is 8.78 Å². The number of hydrogen-bond donors (Lipinski definition) is 1. The molecular weight excluding hydrogens is 362 g/mol. The van der Waals surface area contributed by atoms with E-state index in [1.165, 1.54) is 0 Å². The number of carbonyl (C=O) groups excluding carboxylic acids is 2. The highest BCUT2D eigenvalue weighted by atomic mass is 19.3. The molecule has 0 aliphatic heterocycles. The van der Waals surface area contributed by atoms with Gasteiger partial charge in [-0.15, -0.1) is 0 Å². The summed E-state index contributed by atoms with van der Waals surface area (Å²) in [5.41, 5.74) is 1.17.